The molecule has 0 bridgehead atoms. The summed E-state index contributed by atoms with van der Waals surface area (Å²) in [6, 6.07) is 9.39. The zero-order valence-corrected chi connectivity index (χ0v) is 10.2. The number of aliphatic carboxylic acids is 1. The third-order valence-corrected chi connectivity index (χ3v) is 2.39. The molecule has 0 fully saturated rings. The van der Waals surface area contributed by atoms with Crippen LogP contribution in [-0.4, -0.2) is 11.1 Å². The molecule has 1 N–H and O–H groups in total. The molecular formula is C15H10F2O3. The topological polar surface area (TPSA) is 46.5 Å². The fourth-order valence-corrected chi connectivity index (χ4v) is 1.59. The summed E-state index contributed by atoms with van der Waals surface area (Å²) in [6.07, 6.45) is 2.29. The molecule has 0 aromatic heterocycles. The van der Waals surface area contributed by atoms with Crippen LogP contribution in [0.5, 0.6) is 11.5 Å². The van der Waals surface area contributed by atoms with Gasteiger partial charge in [0.1, 0.15) is 23.1 Å². The van der Waals surface area contributed by atoms with Crippen LogP contribution in [0.25, 0.3) is 6.08 Å². The number of carboxylic acid groups (broad SMARTS) is 1. The maximum absolute atomic E-state index is 13.1. The fourth-order valence-electron chi connectivity index (χ4n) is 1.59. The van der Waals surface area contributed by atoms with Gasteiger partial charge in [0.05, 0.1) is 0 Å². The highest BCUT2D eigenvalue weighted by Crippen LogP contribution is 2.27. The molecule has 0 atom stereocenters. The first kappa shape index (κ1) is 13.7. The summed E-state index contributed by atoms with van der Waals surface area (Å²) in [6.45, 7) is 0. The minimum Gasteiger partial charge on any atom is -0.478 e. The lowest BCUT2D eigenvalue weighted by Gasteiger charge is -2.08. The molecule has 0 aliphatic heterocycles. The maximum atomic E-state index is 13.1. The van der Waals surface area contributed by atoms with E-state index in [1.807, 2.05) is 0 Å². The number of hydrogen-bond acceptors (Lipinski definition) is 2. The van der Waals surface area contributed by atoms with Gasteiger partial charge in [-0.3, -0.25) is 0 Å². The van der Waals surface area contributed by atoms with Crippen molar-refractivity contribution in [3.63, 3.8) is 0 Å². The number of hydrogen-bond donors (Lipinski definition) is 1. The van der Waals surface area contributed by atoms with Gasteiger partial charge in [0.2, 0.25) is 0 Å². The van der Waals surface area contributed by atoms with E-state index in [4.69, 9.17) is 9.84 Å². The first-order valence-corrected chi connectivity index (χ1v) is 5.68. The van der Waals surface area contributed by atoms with Gasteiger partial charge in [-0.15, -0.1) is 0 Å². The molecule has 2 aromatic rings. The molecule has 0 spiro atoms. The summed E-state index contributed by atoms with van der Waals surface area (Å²) in [5, 5.41) is 8.60. The molecule has 0 aliphatic rings. The Morgan fingerprint density at radius 1 is 1.10 bits per heavy atom. The molecule has 2 aromatic carbocycles. The Morgan fingerprint density at radius 3 is 2.40 bits per heavy atom. The highest BCUT2D eigenvalue weighted by Gasteiger charge is 2.05. The van der Waals surface area contributed by atoms with E-state index >= 15 is 0 Å². The van der Waals surface area contributed by atoms with Gasteiger partial charge >= 0.3 is 5.97 Å². The minimum absolute atomic E-state index is 0.00123. The molecule has 0 aliphatic carbocycles. The van der Waals surface area contributed by atoms with Crippen molar-refractivity contribution in [2.45, 2.75) is 0 Å². The van der Waals surface area contributed by atoms with E-state index < -0.39 is 17.6 Å². The monoisotopic (exact) mass is 276 g/mol. The van der Waals surface area contributed by atoms with Crippen molar-refractivity contribution in [1.29, 1.82) is 0 Å². The second-order valence-electron chi connectivity index (χ2n) is 3.92. The largest absolute Gasteiger partial charge is 0.478 e. The number of carbonyl (C=O) groups is 1. The van der Waals surface area contributed by atoms with E-state index in [-0.39, 0.29) is 5.75 Å². The smallest absolute Gasteiger partial charge is 0.328 e. The number of halogens is 2. The van der Waals surface area contributed by atoms with Gasteiger partial charge in [0, 0.05) is 29.8 Å². The Labute approximate surface area is 113 Å². The van der Waals surface area contributed by atoms with Gasteiger partial charge in [-0.25, -0.2) is 13.6 Å². The van der Waals surface area contributed by atoms with Crippen LogP contribution in [0, 0.1) is 11.6 Å². The van der Waals surface area contributed by atoms with Crippen LogP contribution in [0.3, 0.4) is 0 Å². The maximum Gasteiger partial charge on any atom is 0.328 e. The SMILES string of the molecule is O=C(O)/C=C\c1ccccc1Oc1cc(F)cc(F)c1. The molecule has 20 heavy (non-hydrogen) atoms. The van der Waals surface area contributed by atoms with E-state index in [0.717, 1.165) is 24.3 Å². The summed E-state index contributed by atoms with van der Waals surface area (Å²) < 4.78 is 31.5. The molecule has 102 valence electrons. The van der Waals surface area contributed by atoms with Crippen molar-refractivity contribution in [3.8, 4) is 11.5 Å². The highest BCUT2D eigenvalue weighted by molar-refractivity contribution is 5.85. The molecule has 2 rings (SSSR count). The van der Waals surface area contributed by atoms with Crippen molar-refractivity contribution >= 4 is 12.0 Å². The molecular weight excluding hydrogens is 266 g/mol. The molecule has 5 heteroatoms. The lowest BCUT2D eigenvalue weighted by Crippen LogP contribution is -1.91. The molecule has 0 unspecified atom stereocenters. The Kier molecular flexibility index (Phi) is 4.10. The minimum atomic E-state index is -1.10. The number of benzene rings is 2. The van der Waals surface area contributed by atoms with Crippen LogP contribution >= 0.6 is 0 Å². The molecule has 0 saturated heterocycles. The lowest BCUT2D eigenvalue weighted by molar-refractivity contribution is -0.131. The molecule has 0 radical (unpaired) electrons. The Balaban J connectivity index is 2.31. The first-order valence-electron chi connectivity index (χ1n) is 5.68. The zero-order chi connectivity index (χ0) is 14.5. The predicted octanol–water partition coefficient (Wildman–Crippen LogP) is 3.85. The molecule has 0 heterocycles. The van der Waals surface area contributed by atoms with Gasteiger partial charge in [-0.1, -0.05) is 18.2 Å². The van der Waals surface area contributed by atoms with Crippen LogP contribution in [0.2, 0.25) is 0 Å². The van der Waals surface area contributed by atoms with Crippen molar-refractivity contribution in [2.75, 3.05) is 0 Å². The van der Waals surface area contributed by atoms with Crippen LogP contribution < -0.4 is 4.74 Å². The Morgan fingerprint density at radius 2 is 1.75 bits per heavy atom. The van der Waals surface area contributed by atoms with Gasteiger partial charge in [-0.2, -0.15) is 0 Å². The van der Waals surface area contributed by atoms with Crippen LogP contribution in [-0.2, 0) is 4.79 Å². The molecule has 0 amide bonds. The van der Waals surface area contributed by atoms with E-state index in [1.165, 1.54) is 6.08 Å². The lowest BCUT2D eigenvalue weighted by atomic mass is 10.2. The van der Waals surface area contributed by atoms with Gasteiger partial charge in [0.15, 0.2) is 0 Å². The van der Waals surface area contributed by atoms with Crippen molar-refractivity contribution < 1.29 is 23.4 Å². The third-order valence-electron chi connectivity index (χ3n) is 2.39. The van der Waals surface area contributed by atoms with Gasteiger partial charge in [-0.05, 0) is 12.1 Å². The van der Waals surface area contributed by atoms with Crippen molar-refractivity contribution in [1.82, 2.24) is 0 Å². The van der Waals surface area contributed by atoms with E-state index in [1.54, 1.807) is 24.3 Å². The average Bonchev–Trinajstić information content (AvgIpc) is 2.36. The number of ether oxygens (including phenoxy) is 1. The second-order valence-corrected chi connectivity index (χ2v) is 3.92. The number of rotatable bonds is 4. The van der Waals surface area contributed by atoms with Crippen LogP contribution in [0.1, 0.15) is 5.56 Å². The quantitative estimate of drug-likeness (QED) is 0.863. The summed E-state index contributed by atoms with van der Waals surface area (Å²) in [4.78, 5) is 10.5. The molecule has 0 saturated carbocycles. The van der Waals surface area contributed by atoms with Gasteiger partial charge in [0.25, 0.3) is 0 Å². The Bertz CT molecular complexity index is 646. The first-order chi connectivity index (χ1) is 9.54. The number of carboxylic acids is 1. The summed E-state index contributed by atoms with van der Waals surface area (Å²) in [7, 11) is 0. The van der Waals surface area contributed by atoms with Crippen LogP contribution in [0.4, 0.5) is 8.78 Å². The molecule has 3 nitrogen and oxygen atoms in total. The standard InChI is InChI=1S/C15H10F2O3/c16-11-7-12(17)9-13(8-11)20-14-4-2-1-3-10(14)5-6-15(18)19/h1-9H,(H,18,19)/b6-5-. The zero-order valence-electron chi connectivity index (χ0n) is 10.2. The Hall–Kier alpha value is -2.69. The van der Waals surface area contributed by atoms with E-state index in [9.17, 15) is 13.6 Å². The second kappa shape index (κ2) is 5.97. The van der Waals surface area contributed by atoms with Crippen LogP contribution in [0.15, 0.2) is 48.5 Å². The summed E-state index contributed by atoms with van der Waals surface area (Å²) in [5.74, 6) is -2.30. The normalized spacial score (nSPS) is 10.7. The van der Waals surface area contributed by atoms with Crippen molar-refractivity contribution in [3.05, 3.63) is 65.7 Å². The fraction of sp³-hybridized carbons (Fsp3) is 0. The average molecular weight is 276 g/mol. The predicted molar refractivity (Wildman–Crippen MR) is 69.5 cm³/mol. The van der Waals surface area contributed by atoms with Crippen molar-refractivity contribution in [2.24, 2.45) is 0 Å². The van der Waals surface area contributed by atoms with E-state index in [2.05, 4.69) is 0 Å². The van der Waals surface area contributed by atoms with E-state index in [0.29, 0.717) is 11.3 Å². The summed E-state index contributed by atoms with van der Waals surface area (Å²) in [5.41, 5.74) is 0.486. The van der Waals surface area contributed by atoms with Gasteiger partial charge < -0.3 is 9.84 Å². The third kappa shape index (κ3) is 3.65. The number of para-hydroxylation sites is 1. The summed E-state index contributed by atoms with van der Waals surface area (Å²) >= 11 is 0. The highest BCUT2D eigenvalue weighted by atomic mass is 19.1.